The molecule has 0 bridgehead atoms. The number of H-pyrrole nitrogens is 1. The van der Waals surface area contributed by atoms with Crippen molar-refractivity contribution in [3.8, 4) is 11.4 Å². The zero-order chi connectivity index (χ0) is 75.3. The Morgan fingerprint density at radius 3 is 1.12 bits per heavy atom. The molecule has 0 aliphatic rings. The molecular formula is C62H84IN3O6P6. The lowest BCUT2D eigenvalue weighted by Gasteiger charge is -2.12. The third-order valence-corrected chi connectivity index (χ3v) is 12.7. The van der Waals surface area contributed by atoms with Crippen LogP contribution in [0.15, 0.2) is 218 Å². The minimum Gasteiger partial charge on any atom is -0.478 e. The first-order chi connectivity index (χ1) is 47.6. The first-order valence-corrected chi connectivity index (χ1v) is 32.7. The van der Waals surface area contributed by atoms with Gasteiger partial charge in [-0.3, -0.25) is 0 Å². The SMILES string of the molecule is CCC.COC(=O)c1ccccc1-n1c2ccccc2c2ccccc21.COC(=O)c1ccccc1I.O=C(O)c1ccccc1-n1c2ccccc2c2ccccc21.P.PP.PPP.[3H][3H].[3H][3H].[3H][3H].[3H][3H].[3H][3H].[3H][3H].[3H][3H].[3H][3H].[3H][3H].[3H][3H].c1ccc2c(c1)[nH]c1ccccc12. The summed E-state index contributed by atoms with van der Waals surface area (Å²) in [6, 6.07) is 71.3. The Bertz CT molecular complexity index is 3810. The Morgan fingerprint density at radius 2 is 0.756 bits per heavy atom. The van der Waals surface area contributed by atoms with E-state index in [0.29, 0.717) is 22.4 Å². The number of carbonyl (C=O) groups excluding carboxylic acids is 2. The molecule has 0 spiro atoms. The number of hydrogen-bond acceptors (Lipinski definition) is 5. The van der Waals surface area contributed by atoms with E-state index in [1.54, 1.807) is 24.3 Å². The molecule has 0 radical (unpaired) electrons. The number of halogens is 1. The molecule has 2 N–H and O–H groups in total. The van der Waals surface area contributed by atoms with E-state index in [2.05, 4.69) is 171 Å². The molecule has 5 atom stereocenters. The number of carboxylic acids is 1. The molecule has 78 heavy (non-hydrogen) atoms. The predicted molar refractivity (Wildman–Crippen MR) is 382 cm³/mol. The number of fused-ring (bicyclic) bond motifs is 9. The van der Waals surface area contributed by atoms with Crippen LogP contribution in [0.25, 0.3) is 76.8 Å². The number of ether oxygens (including phenoxy) is 2. The summed E-state index contributed by atoms with van der Waals surface area (Å²) < 4.78 is 115. The number of methoxy groups -OCH3 is 2. The number of aromatic carboxylic acids is 1. The highest BCUT2D eigenvalue weighted by Gasteiger charge is 2.19. The van der Waals surface area contributed by atoms with E-state index in [9.17, 15) is 19.5 Å². The Hall–Kier alpha value is -5.90. The standard InChI is InChI=1S/C20H15NO2.C19H13NO2.C12H9N.C8H7IO2.C3H8.H5P3.H4P2.H3P.10H2/c1-23-20(22)16-10-4-7-13-19(16)21-17-11-5-2-8-14(17)15-9-3-6-12-18(15)21;21-19(22)15-9-3-6-12-18(15)20-16-10-4-1-7-13(16)14-8-2-5-11-17(14)20;1-3-7-11-9(5-1)10-6-2-4-8-12(10)13-11;1-11-8(10)6-4-2-3-5-7(6)9;2*1-3-2;1-2;;;;;;;;;;;/h2-13H,1H3;1-12H,(H,21,22);1-8,13H;2-5H,1H3;3H2,1-2H3;3H,1-2H2;1-2H2;1H3;10*1H/i;;;;;;;;10*1+2T. The molecule has 3 aromatic heterocycles. The second kappa shape index (κ2) is 32.2. The van der Waals surface area contributed by atoms with Crippen LogP contribution in [0.4, 0.5) is 0 Å². The van der Waals surface area contributed by atoms with Gasteiger partial charge in [0.25, 0.3) is 0 Å². The summed E-state index contributed by atoms with van der Waals surface area (Å²) in [4.78, 5) is 38.1. The molecule has 0 amide bonds. The van der Waals surface area contributed by atoms with Crippen LogP contribution in [0, 0.1) is 3.57 Å². The summed E-state index contributed by atoms with van der Waals surface area (Å²) in [5.41, 5.74) is 9.59. The first-order valence-electron chi connectivity index (χ1n) is 34.4. The van der Waals surface area contributed by atoms with Gasteiger partial charge in [-0.2, -0.15) is 9.90 Å². The first kappa shape index (κ1) is 49.2. The van der Waals surface area contributed by atoms with Crippen LogP contribution >= 0.6 is 76.2 Å². The minimum atomic E-state index is -0.919. The van der Waals surface area contributed by atoms with Crippen LogP contribution in [0.2, 0.25) is 0 Å². The van der Waals surface area contributed by atoms with Crippen molar-refractivity contribution in [2.24, 2.45) is 0 Å². The average Bonchev–Trinajstić information content (AvgIpc) is 1.60. The minimum absolute atomic E-state index is 0. The van der Waals surface area contributed by atoms with Crippen molar-refractivity contribution >= 4 is 159 Å². The third-order valence-electron chi connectivity index (χ3n) is 11.8. The lowest BCUT2D eigenvalue weighted by molar-refractivity contribution is 0.0591. The lowest BCUT2D eigenvalue weighted by atomic mass is 10.1. The van der Waals surface area contributed by atoms with E-state index in [4.69, 9.17) is 34.4 Å². The molecule has 420 valence electrons. The molecule has 9 aromatic carbocycles. The molecule has 0 saturated carbocycles. The van der Waals surface area contributed by atoms with Gasteiger partial charge in [-0.15, -0.1) is 35.7 Å². The van der Waals surface area contributed by atoms with Crippen molar-refractivity contribution in [2.45, 2.75) is 20.3 Å². The van der Waals surface area contributed by atoms with Gasteiger partial charge in [-0.25, -0.2) is 14.4 Å². The van der Waals surface area contributed by atoms with E-state index >= 15 is 0 Å². The maximum absolute atomic E-state index is 12.2. The second-order valence-electron chi connectivity index (χ2n) is 16.6. The number of benzene rings is 9. The quantitative estimate of drug-likeness (QED) is 0.101. The molecular weight excluding hydrogens is 1200 g/mol. The number of nitrogens with zero attached hydrogens (tertiary/aromatic N) is 2. The van der Waals surface area contributed by atoms with E-state index in [0.717, 1.165) is 50.1 Å². The average molecular weight is 1320 g/mol. The Morgan fingerprint density at radius 1 is 0.487 bits per heavy atom. The summed E-state index contributed by atoms with van der Waals surface area (Å²) in [7, 11) is 13.5. The summed E-state index contributed by atoms with van der Waals surface area (Å²) in [6.45, 7) is 4.25. The topological polar surface area (TPSA) is 116 Å². The maximum atomic E-state index is 12.2. The molecule has 0 saturated heterocycles. The second-order valence-corrected chi connectivity index (χ2v) is 22.1. The van der Waals surface area contributed by atoms with Gasteiger partial charge < -0.3 is 28.7 Å². The van der Waals surface area contributed by atoms with Crippen molar-refractivity contribution in [2.75, 3.05) is 14.2 Å². The van der Waals surface area contributed by atoms with Gasteiger partial charge in [-0.05, 0) is 95.4 Å². The fraction of sp³-hybridized carbons (Fsp3) is 0.0806. The molecule has 12 rings (SSSR count). The van der Waals surface area contributed by atoms with Gasteiger partial charge in [0, 0.05) is 76.6 Å². The predicted octanol–water partition coefficient (Wildman–Crippen LogP) is 20.3. The van der Waals surface area contributed by atoms with Crippen molar-refractivity contribution in [3.05, 3.63) is 239 Å². The largest absolute Gasteiger partial charge is 0.478 e. The van der Waals surface area contributed by atoms with Gasteiger partial charge in [0.1, 0.15) is 0 Å². The highest BCUT2D eigenvalue weighted by atomic mass is 127. The van der Waals surface area contributed by atoms with Gasteiger partial charge in [0.15, 0.2) is 0 Å². The normalized spacial score (nSPS) is 11.1. The number of aromatic nitrogens is 3. The summed E-state index contributed by atoms with van der Waals surface area (Å²) >= 11 is 2.10. The highest BCUT2D eigenvalue weighted by Crippen LogP contribution is 2.35. The van der Waals surface area contributed by atoms with E-state index in [1.807, 2.05) is 114 Å². The number of para-hydroxylation sites is 8. The van der Waals surface area contributed by atoms with Crippen LogP contribution in [-0.4, -0.2) is 51.4 Å². The number of aromatic amines is 1. The Labute approximate surface area is 514 Å². The van der Waals surface area contributed by atoms with Crippen molar-refractivity contribution < 1.29 is 58.7 Å². The Balaban J connectivity index is -0.000000261. The number of carbonyl (C=O) groups is 3. The Kier molecular flexibility index (Phi) is 20.3. The van der Waals surface area contributed by atoms with E-state index in [-0.39, 0.29) is 21.8 Å². The van der Waals surface area contributed by atoms with Crippen LogP contribution < -0.4 is 0 Å². The zero-order valence-electron chi connectivity index (χ0n) is 63.8. The van der Waals surface area contributed by atoms with Crippen molar-refractivity contribution in [1.82, 2.24) is 14.1 Å². The summed E-state index contributed by atoms with van der Waals surface area (Å²) in [6.07, 6.45) is 1.25. The van der Waals surface area contributed by atoms with Crippen molar-refractivity contribution in [1.29, 1.82) is 0 Å². The number of hydrogen-bond donors (Lipinski definition) is 2. The van der Waals surface area contributed by atoms with Gasteiger partial charge in [0.2, 0.25) is 0 Å². The monoisotopic (exact) mass is 1320 g/mol. The van der Waals surface area contributed by atoms with Gasteiger partial charge in [-0.1, -0.05) is 174 Å². The van der Waals surface area contributed by atoms with Crippen LogP contribution in [-0.2, 0) is 9.47 Å². The molecule has 12 aromatic rings. The molecule has 3 heterocycles. The van der Waals surface area contributed by atoms with Gasteiger partial charge >= 0.3 is 17.9 Å². The third kappa shape index (κ3) is 15.1. The van der Waals surface area contributed by atoms with E-state index in [1.165, 1.54) is 53.2 Å². The molecule has 0 aliphatic carbocycles. The zero-order valence-corrected chi connectivity index (χ0v) is 53.0. The van der Waals surface area contributed by atoms with E-state index < -0.39 is 5.97 Å². The number of esters is 2. The molecule has 0 fully saturated rings. The number of rotatable bonds is 5. The number of nitrogens with one attached hydrogen (secondary N) is 1. The van der Waals surface area contributed by atoms with Gasteiger partial charge in [0.05, 0.1) is 64.4 Å². The fourth-order valence-electron chi connectivity index (χ4n) is 8.70. The smallest absolute Gasteiger partial charge is 0.339 e. The van der Waals surface area contributed by atoms with Crippen LogP contribution in [0.1, 0.15) is 81.0 Å². The van der Waals surface area contributed by atoms with Crippen molar-refractivity contribution in [3.63, 3.8) is 0 Å². The summed E-state index contributed by atoms with van der Waals surface area (Å²) in [5.74, 6) is -1.53. The maximum Gasteiger partial charge on any atom is 0.339 e. The fourth-order valence-corrected chi connectivity index (χ4v) is 9.31. The highest BCUT2D eigenvalue weighted by molar-refractivity contribution is 14.1. The molecule has 5 unspecified atom stereocenters. The lowest BCUT2D eigenvalue weighted by Crippen LogP contribution is -2.07. The van der Waals surface area contributed by atoms with Crippen LogP contribution in [0.3, 0.4) is 0 Å². The molecule has 0 aliphatic heterocycles. The summed E-state index contributed by atoms with van der Waals surface area (Å²) in [5, 5.41) is 16.7. The molecule has 16 heteroatoms. The van der Waals surface area contributed by atoms with Crippen LogP contribution in [0.5, 0.6) is 0 Å². The molecule has 9 nitrogen and oxygen atoms in total. The number of carboxylic acid groups (broad SMARTS) is 1.